The minimum absolute atomic E-state index is 0.0156. The molecule has 3 heterocycles. The fraction of sp³-hybridized carbons (Fsp3) is 0.417. The highest BCUT2D eigenvalue weighted by Gasteiger charge is 2.63. The van der Waals surface area contributed by atoms with Gasteiger partial charge in [0.1, 0.15) is 12.1 Å². The molecule has 0 aliphatic carbocycles. The van der Waals surface area contributed by atoms with E-state index in [1.165, 1.54) is 30.0 Å². The summed E-state index contributed by atoms with van der Waals surface area (Å²) in [6.45, 7) is 4.30. The first kappa shape index (κ1) is 27.3. The van der Waals surface area contributed by atoms with Crippen molar-refractivity contribution in [3.05, 3.63) is 58.3 Å². The molecule has 4 rings (SSSR count). The summed E-state index contributed by atoms with van der Waals surface area (Å²) in [6.07, 6.45) is 3.15. The van der Waals surface area contributed by atoms with Gasteiger partial charge in [-0.15, -0.1) is 0 Å². The second-order valence-corrected chi connectivity index (χ2v) is 12.3. The van der Waals surface area contributed by atoms with E-state index < -0.39 is 44.6 Å². The number of halogens is 2. The highest BCUT2D eigenvalue weighted by atomic mass is 35.5. The van der Waals surface area contributed by atoms with Crippen LogP contribution in [0.2, 0.25) is 10.0 Å². The van der Waals surface area contributed by atoms with Crippen LogP contribution in [-0.2, 0) is 30.6 Å². The number of pyridine rings is 1. The number of piperazine rings is 1. The molecule has 2 fully saturated rings. The molecule has 10 nitrogen and oxygen atoms in total. The molecule has 2 saturated heterocycles. The summed E-state index contributed by atoms with van der Waals surface area (Å²) in [7, 11) is -4.45. The van der Waals surface area contributed by atoms with Crippen LogP contribution < -0.4 is 10.6 Å². The number of nitrogens with zero attached hydrogens (tertiary/aromatic N) is 3. The Labute approximate surface area is 225 Å². The van der Waals surface area contributed by atoms with Gasteiger partial charge in [0.25, 0.3) is 0 Å². The highest BCUT2D eigenvalue weighted by Crippen LogP contribution is 2.40. The third-order valence-electron chi connectivity index (χ3n) is 6.55. The number of aromatic nitrogens is 1. The topological polar surface area (TPSA) is 129 Å². The van der Waals surface area contributed by atoms with Crippen LogP contribution in [0.3, 0.4) is 0 Å². The third-order valence-corrected chi connectivity index (χ3v) is 9.51. The van der Waals surface area contributed by atoms with Gasteiger partial charge in [0.05, 0.1) is 16.5 Å². The van der Waals surface area contributed by atoms with E-state index >= 15 is 0 Å². The number of carbonyl (C=O) groups is 3. The van der Waals surface area contributed by atoms with Crippen LogP contribution in [0.4, 0.5) is 0 Å². The number of sulfone groups is 1. The van der Waals surface area contributed by atoms with Crippen LogP contribution in [0.25, 0.3) is 0 Å². The molecular formula is C24H27Cl2N5O5S. The molecule has 2 aromatic rings. The van der Waals surface area contributed by atoms with E-state index in [-0.39, 0.29) is 40.5 Å². The maximum absolute atomic E-state index is 14.4. The number of nitrogens with one attached hydrogen (secondary N) is 2. The Morgan fingerprint density at radius 3 is 2.57 bits per heavy atom. The van der Waals surface area contributed by atoms with E-state index in [1.54, 1.807) is 38.4 Å². The normalized spacial score (nSPS) is 24.3. The Balaban J connectivity index is 1.94. The summed E-state index contributed by atoms with van der Waals surface area (Å²) in [5, 5.41) is 5.71. The Morgan fingerprint density at radius 2 is 1.97 bits per heavy atom. The monoisotopic (exact) mass is 567 g/mol. The lowest BCUT2D eigenvalue weighted by Gasteiger charge is -2.57. The van der Waals surface area contributed by atoms with Crippen molar-refractivity contribution in [3.8, 4) is 0 Å². The average Bonchev–Trinajstić information content (AvgIpc) is 2.82. The number of hydrogen-bond acceptors (Lipinski definition) is 7. The standard InChI is InChI=1S/C24H27Cl2N5O5S/c1-14(2)30-13-24(37(35,36)21-7-6-17(25)10-18(21)26)28-12-19(29-15(3)32)22(33)31(24)20(23(30)34)9-16-5-4-8-27-11-16/h4-8,10-11,14,19-20,28H,9,12-13H2,1-3H3,(H,29,32). The van der Waals surface area contributed by atoms with Crippen LogP contribution in [0, 0.1) is 0 Å². The van der Waals surface area contributed by atoms with Crippen molar-refractivity contribution in [1.29, 1.82) is 0 Å². The van der Waals surface area contributed by atoms with Crippen molar-refractivity contribution in [3.63, 3.8) is 0 Å². The van der Waals surface area contributed by atoms with Gasteiger partial charge < -0.3 is 10.2 Å². The fourth-order valence-electron chi connectivity index (χ4n) is 4.83. The van der Waals surface area contributed by atoms with E-state index in [1.807, 2.05) is 0 Å². The Morgan fingerprint density at radius 1 is 1.24 bits per heavy atom. The Hall–Kier alpha value is -2.73. The predicted octanol–water partition coefficient (Wildman–Crippen LogP) is 1.61. The molecule has 13 heteroatoms. The molecule has 198 valence electrons. The lowest BCUT2D eigenvalue weighted by Crippen LogP contribution is -2.83. The Bertz CT molecular complexity index is 1340. The van der Waals surface area contributed by atoms with Crippen molar-refractivity contribution < 1.29 is 22.8 Å². The van der Waals surface area contributed by atoms with E-state index in [0.717, 1.165) is 4.90 Å². The van der Waals surface area contributed by atoms with E-state index in [4.69, 9.17) is 23.2 Å². The SMILES string of the molecule is CC(=O)NC1CNC2(S(=O)(=O)c3ccc(Cl)cc3Cl)CN(C(C)C)C(=O)C(Cc3cccnc3)N2C1=O. The molecule has 3 atom stereocenters. The fourth-order valence-corrected chi connectivity index (χ4v) is 7.53. The molecule has 3 unspecified atom stereocenters. The van der Waals surface area contributed by atoms with Gasteiger partial charge in [-0.25, -0.2) is 8.42 Å². The van der Waals surface area contributed by atoms with Crippen molar-refractivity contribution in [2.75, 3.05) is 13.1 Å². The summed E-state index contributed by atoms with van der Waals surface area (Å²) in [6, 6.07) is 4.78. The van der Waals surface area contributed by atoms with Crippen LogP contribution in [-0.4, -0.2) is 77.1 Å². The summed E-state index contributed by atoms with van der Waals surface area (Å²) >= 11 is 12.4. The molecular weight excluding hydrogens is 541 g/mol. The van der Waals surface area contributed by atoms with Crippen LogP contribution >= 0.6 is 23.2 Å². The molecule has 0 bridgehead atoms. The minimum Gasteiger partial charge on any atom is -0.343 e. The van der Waals surface area contributed by atoms with Gasteiger partial charge in [-0.05, 0) is 43.7 Å². The molecule has 2 N–H and O–H groups in total. The second-order valence-electron chi connectivity index (χ2n) is 9.35. The van der Waals surface area contributed by atoms with Crippen molar-refractivity contribution in [2.24, 2.45) is 0 Å². The molecule has 0 spiro atoms. The summed E-state index contributed by atoms with van der Waals surface area (Å²) in [4.78, 5) is 43.8. The number of fused-ring (bicyclic) bond motifs is 1. The largest absolute Gasteiger partial charge is 0.343 e. The number of hydrogen-bond donors (Lipinski definition) is 2. The molecule has 0 saturated carbocycles. The summed E-state index contributed by atoms with van der Waals surface area (Å²) in [5.41, 5.74) is 0.636. The quantitative estimate of drug-likeness (QED) is 0.542. The summed E-state index contributed by atoms with van der Waals surface area (Å²) in [5.74, 6) is -1.56. The van der Waals surface area contributed by atoms with Crippen LogP contribution in [0.15, 0.2) is 47.6 Å². The van der Waals surface area contributed by atoms with Gasteiger partial charge in [-0.1, -0.05) is 29.3 Å². The molecule has 1 aromatic heterocycles. The lowest BCUT2D eigenvalue weighted by atomic mass is 9.96. The lowest BCUT2D eigenvalue weighted by molar-refractivity contribution is -0.167. The molecule has 37 heavy (non-hydrogen) atoms. The number of amides is 3. The van der Waals surface area contributed by atoms with Gasteiger partial charge >= 0.3 is 0 Å². The molecule has 1 aromatic carbocycles. The van der Waals surface area contributed by atoms with E-state index in [9.17, 15) is 22.8 Å². The van der Waals surface area contributed by atoms with Crippen LogP contribution in [0.1, 0.15) is 26.3 Å². The smallest absolute Gasteiger partial charge is 0.249 e. The van der Waals surface area contributed by atoms with Gasteiger partial charge in [-0.2, -0.15) is 0 Å². The maximum Gasteiger partial charge on any atom is 0.249 e. The average molecular weight is 568 g/mol. The minimum atomic E-state index is -4.45. The number of carbonyl (C=O) groups excluding carboxylic acids is 3. The Kier molecular flexibility index (Phi) is 7.53. The van der Waals surface area contributed by atoms with Crippen molar-refractivity contribution in [2.45, 2.75) is 55.2 Å². The second kappa shape index (κ2) is 10.2. The highest BCUT2D eigenvalue weighted by molar-refractivity contribution is 7.93. The van der Waals surface area contributed by atoms with E-state index in [0.29, 0.717) is 5.56 Å². The van der Waals surface area contributed by atoms with Crippen LogP contribution in [0.5, 0.6) is 0 Å². The zero-order valence-corrected chi connectivity index (χ0v) is 22.8. The first-order valence-corrected chi connectivity index (χ1v) is 13.9. The van der Waals surface area contributed by atoms with Gasteiger partial charge in [0, 0.05) is 43.3 Å². The molecule has 2 aliphatic heterocycles. The first-order valence-electron chi connectivity index (χ1n) is 11.6. The van der Waals surface area contributed by atoms with Gasteiger partial charge in [0.2, 0.25) is 32.6 Å². The summed E-state index contributed by atoms with van der Waals surface area (Å²) < 4.78 is 28.8. The van der Waals surface area contributed by atoms with Crippen molar-refractivity contribution >= 4 is 50.8 Å². The van der Waals surface area contributed by atoms with Crippen molar-refractivity contribution in [1.82, 2.24) is 25.4 Å². The maximum atomic E-state index is 14.4. The van der Waals surface area contributed by atoms with Gasteiger partial charge in [-0.3, -0.25) is 29.6 Å². The third kappa shape index (κ3) is 4.81. The zero-order valence-electron chi connectivity index (χ0n) is 20.4. The predicted molar refractivity (Wildman–Crippen MR) is 137 cm³/mol. The van der Waals surface area contributed by atoms with E-state index in [2.05, 4.69) is 15.6 Å². The molecule has 0 radical (unpaired) electrons. The molecule has 3 amide bonds. The van der Waals surface area contributed by atoms with Gasteiger partial charge in [0.15, 0.2) is 0 Å². The first-order chi connectivity index (χ1) is 17.4. The number of benzene rings is 1. The molecule has 2 aliphatic rings. The zero-order chi connectivity index (χ0) is 27.1. The number of rotatable bonds is 6.